The van der Waals surface area contributed by atoms with Gasteiger partial charge in [0.1, 0.15) is 0 Å². The van der Waals surface area contributed by atoms with Crippen molar-refractivity contribution in [1.82, 2.24) is 9.78 Å². The molecule has 0 amide bonds. The molecule has 1 N–H and O–H groups in total. The minimum absolute atomic E-state index is 0.108. The molecule has 14 heavy (non-hydrogen) atoms. The Labute approximate surface area is 79.0 Å². The van der Waals surface area contributed by atoms with Crippen LogP contribution < -0.4 is 5.56 Å². The maximum absolute atomic E-state index is 11.1. The van der Waals surface area contributed by atoms with Crippen molar-refractivity contribution in [3.05, 3.63) is 28.2 Å². The van der Waals surface area contributed by atoms with E-state index >= 15 is 0 Å². The Kier molecular flexibility index (Phi) is 2.97. The van der Waals surface area contributed by atoms with Crippen molar-refractivity contribution >= 4 is 5.97 Å². The zero-order chi connectivity index (χ0) is 10.6. The molecule has 0 fully saturated rings. The SMILES string of the molecule is N#CCCn1nc(C(=O)O)ccc1=O. The van der Waals surface area contributed by atoms with Crippen molar-refractivity contribution in [2.75, 3.05) is 0 Å². The first kappa shape index (κ1) is 9.92. The fourth-order valence-corrected chi connectivity index (χ4v) is 0.879. The lowest BCUT2D eigenvalue weighted by molar-refractivity contribution is 0.0687. The van der Waals surface area contributed by atoms with Crippen LogP contribution >= 0.6 is 0 Å². The first-order valence-electron chi connectivity index (χ1n) is 3.83. The number of aryl methyl sites for hydroxylation is 1. The first-order chi connectivity index (χ1) is 6.65. The van der Waals surface area contributed by atoms with E-state index in [9.17, 15) is 9.59 Å². The molecule has 6 heteroatoms. The van der Waals surface area contributed by atoms with Gasteiger partial charge < -0.3 is 5.11 Å². The van der Waals surface area contributed by atoms with Crippen molar-refractivity contribution in [3.8, 4) is 6.07 Å². The summed E-state index contributed by atoms with van der Waals surface area (Å²) in [7, 11) is 0. The van der Waals surface area contributed by atoms with Crippen LogP contribution in [-0.4, -0.2) is 20.9 Å². The van der Waals surface area contributed by atoms with Gasteiger partial charge in [-0.2, -0.15) is 10.4 Å². The maximum Gasteiger partial charge on any atom is 0.356 e. The molecular weight excluding hydrogens is 186 g/mol. The van der Waals surface area contributed by atoms with Crippen molar-refractivity contribution in [1.29, 1.82) is 5.26 Å². The van der Waals surface area contributed by atoms with E-state index in [1.54, 1.807) is 0 Å². The maximum atomic E-state index is 11.1. The predicted molar refractivity (Wildman–Crippen MR) is 45.7 cm³/mol. The van der Waals surface area contributed by atoms with Crippen LogP contribution in [0.3, 0.4) is 0 Å². The Bertz CT molecular complexity index is 444. The van der Waals surface area contributed by atoms with Crippen molar-refractivity contribution in [2.45, 2.75) is 13.0 Å². The van der Waals surface area contributed by atoms with E-state index in [4.69, 9.17) is 10.4 Å². The van der Waals surface area contributed by atoms with Gasteiger partial charge in [-0.25, -0.2) is 9.48 Å². The summed E-state index contributed by atoms with van der Waals surface area (Å²) >= 11 is 0. The monoisotopic (exact) mass is 193 g/mol. The second-order valence-electron chi connectivity index (χ2n) is 2.49. The summed E-state index contributed by atoms with van der Waals surface area (Å²) in [6, 6.07) is 4.10. The van der Waals surface area contributed by atoms with Crippen LogP contribution in [0.1, 0.15) is 16.9 Å². The molecule has 0 aromatic carbocycles. The van der Waals surface area contributed by atoms with Gasteiger partial charge in [-0.1, -0.05) is 0 Å². The molecule has 0 spiro atoms. The Morgan fingerprint density at radius 1 is 1.64 bits per heavy atom. The number of aromatic carboxylic acids is 1. The summed E-state index contributed by atoms with van der Waals surface area (Å²) in [4.78, 5) is 21.6. The zero-order valence-corrected chi connectivity index (χ0v) is 7.17. The standard InChI is InChI=1S/C8H7N3O3/c9-4-1-5-11-7(12)3-2-6(10-11)8(13)14/h2-3H,1,5H2,(H,13,14). The van der Waals surface area contributed by atoms with Gasteiger partial charge in [-0.05, 0) is 6.07 Å². The molecule has 1 heterocycles. The molecule has 6 nitrogen and oxygen atoms in total. The molecule has 0 bridgehead atoms. The summed E-state index contributed by atoms with van der Waals surface area (Å²) in [5, 5.41) is 20.4. The van der Waals surface area contributed by atoms with Crippen molar-refractivity contribution in [3.63, 3.8) is 0 Å². The van der Waals surface area contributed by atoms with Crippen LogP contribution in [-0.2, 0) is 6.54 Å². The van der Waals surface area contributed by atoms with Crippen LogP contribution in [0.15, 0.2) is 16.9 Å². The van der Waals surface area contributed by atoms with E-state index in [0.29, 0.717) is 0 Å². The van der Waals surface area contributed by atoms with Crippen LogP contribution in [0.2, 0.25) is 0 Å². The summed E-state index contributed by atoms with van der Waals surface area (Å²) in [5.41, 5.74) is -0.618. The smallest absolute Gasteiger partial charge is 0.356 e. The fraction of sp³-hybridized carbons (Fsp3) is 0.250. The minimum atomic E-state index is -1.20. The predicted octanol–water partition coefficient (Wildman–Crippen LogP) is -0.145. The van der Waals surface area contributed by atoms with Crippen LogP contribution in [0, 0.1) is 11.3 Å². The van der Waals surface area contributed by atoms with Crippen molar-refractivity contribution in [2.24, 2.45) is 0 Å². The molecule has 0 saturated heterocycles. The van der Waals surface area contributed by atoms with E-state index in [-0.39, 0.29) is 18.7 Å². The molecule has 72 valence electrons. The molecule has 0 unspecified atom stereocenters. The lowest BCUT2D eigenvalue weighted by atomic mass is 10.4. The van der Waals surface area contributed by atoms with Gasteiger partial charge in [-0.3, -0.25) is 4.79 Å². The fourth-order valence-electron chi connectivity index (χ4n) is 0.879. The highest BCUT2D eigenvalue weighted by Crippen LogP contribution is 1.90. The van der Waals surface area contributed by atoms with Gasteiger partial charge >= 0.3 is 5.97 Å². The third kappa shape index (κ3) is 2.17. The highest BCUT2D eigenvalue weighted by molar-refractivity contribution is 5.84. The molecule has 0 saturated carbocycles. The van der Waals surface area contributed by atoms with E-state index in [1.165, 1.54) is 0 Å². The topological polar surface area (TPSA) is 96.0 Å². The third-order valence-corrected chi connectivity index (χ3v) is 1.52. The molecule has 0 aliphatic rings. The van der Waals surface area contributed by atoms with Gasteiger partial charge in [-0.15, -0.1) is 0 Å². The van der Waals surface area contributed by atoms with E-state index < -0.39 is 11.5 Å². The number of rotatable bonds is 3. The van der Waals surface area contributed by atoms with E-state index in [0.717, 1.165) is 16.8 Å². The molecule has 0 atom stereocenters. The zero-order valence-electron chi connectivity index (χ0n) is 7.17. The van der Waals surface area contributed by atoms with Crippen LogP contribution in [0.25, 0.3) is 0 Å². The second-order valence-corrected chi connectivity index (χ2v) is 2.49. The van der Waals surface area contributed by atoms with Gasteiger partial charge in [0, 0.05) is 6.07 Å². The highest BCUT2D eigenvalue weighted by Gasteiger charge is 2.06. The lowest BCUT2D eigenvalue weighted by Gasteiger charge is -2.00. The van der Waals surface area contributed by atoms with Gasteiger partial charge in [0.25, 0.3) is 5.56 Å². The summed E-state index contributed by atoms with van der Waals surface area (Å²) in [6.07, 6.45) is 0.121. The summed E-state index contributed by atoms with van der Waals surface area (Å²) in [6.45, 7) is 0.108. The molecule has 0 aliphatic carbocycles. The average Bonchev–Trinajstić information content (AvgIpc) is 2.16. The molecule has 1 rings (SSSR count). The highest BCUT2D eigenvalue weighted by atomic mass is 16.4. The normalized spacial score (nSPS) is 9.36. The largest absolute Gasteiger partial charge is 0.476 e. The minimum Gasteiger partial charge on any atom is -0.476 e. The Hall–Kier alpha value is -2.16. The number of carbonyl (C=O) groups is 1. The molecule has 1 aromatic rings. The average molecular weight is 193 g/mol. The Morgan fingerprint density at radius 2 is 2.36 bits per heavy atom. The van der Waals surface area contributed by atoms with Gasteiger partial charge in [0.15, 0.2) is 5.69 Å². The third-order valence-electron chi connectivity index (χ3n) is 1.52. The number of hydrogen-bond donors (Lipinski definition) is 1. The van der Waals surface area contributed by atoms with Crippen LogP contribution in [0.5, 0.6) is 0 Å². The van der Waals surface area contributed by atoms with Gasteiger partial charge in [0.2, 0.25) is 0 Å². The molecular formula is C8H7N3O3. The summed E-state index contributed by atoms with van der Waals surface area (Å²) in [5.74, 6) is -1.20. The lowest BCUT2D eigenvalue weighted by Crippen LogP contribution is -2.24. The Morgan fingerprint density at radius 3 is 2.93 bits per heavy atom. The van der Waals surface area contributed by atoms with Crippen LogP contribution in [0.4, 0.5) is 0 Å². The molecule has 0 radical (unpaired) electrons. The Balaban J connectivity index is 3.03. The summed E-state index contributed by atoms with van der Waals surface area (Å²) < 4.78 is 0.965. The van der Waals surface area contributed by atoms with Crippen molar-refractivity contribution < 1.29 is 9.90 Å². The number of nitriles is 1. The number of nitrogens with zero attached hydrogens (tertiary/aromatic N) is 3. The van der Waals surface area contributed by atoms with Gasteiger partial charge in [0.05, 0.1) is 19.0 Å². The molecule has 1 aromatic heterocycles. The molecule has 0 aliphatic heterocycles. The second kappa shape index (κ2) is 4.18. The number of carboxylic acid groups (broad SMARTS) is 1. The number of carboxylic acids is 1. The number of hydrogen-bond acceptors (Lipinski definition) is 4. The quantitative estimate of drug-likeness (QED) is 0.720. The first-order valence-corrected chi connectivity index (χ1v) is 3.83. The van der Waals surface area contributed by atoms with E-state index in [1.807, 2.05) is 6.07 Å². The van der Waals surface area contributed by atoms with E-state index in [2.05, 4.69) is 5.10 Å². The number of aromatic nitrogens is 2.